The second-order valence-electron chi connectivity index (χ2n) is 4.56. The number of primary amides is 1. The monoisotopic (exact) mass is 288 g/mol. The molecule has 0 fully saturated rings. The average Bonchev–Trinajstić information content (AvgIpc) is 2.48. The van der Waals surface area contributed by atoms with Crippen LogP contribution >= 0.6 is 0 Å². The van der Waals surface area contributed by atoms with E-state index in [1.807, 2.05) is 30.3 Å². The highest BCUT2D eigenvalue weighted by molar-refractivity contribution is 5.76. The van der Waals surface area contributed by atoms with Crippen LogP contribution in [0.2, 0.25) is 0 Å². The molecule has 2 rings (SSSR count). The van der Waals surface area contributed by atoms with Crippen molar-refractivity contribution in [3.8, 4) is 17.2 Å². The summed E-state index contributed by atoms with van der Waals surface area (Å²) in [7, 11) is 0. The lowest BCUT2D eigenvalue weighted by molar-refractivity contribution is -0.117. The van der Waals surface area contributed by atoms with Gasteiger partial charge in [0.25, 0.3) is 0 Å². The lowest BCUT2D eigenvalue weighted by atomic mass is 9.97. The van der Waals surface area contributed by atoms with Gasteiger partial charge in [-0.25, -0.2) is 0 Å². The molecule has 2 aromatic carbocycles. The van der Waals surface area contributed by atoms with Crippen molar-refractivity contribution in [2.45, 2.75) is 6.04 Å². The molecule has 0 spiro atoms. The van der Waals surface area contributed by atoms with E-state index in [0.717, 1.165) is 5.56 Å². The molecular weight excluding hydrogens is 272 g/mol. The summed E-state index contributed by atoms with van der Waals surface area (Å²) in [6, 6.07) is 11.3. The molecule has 1 atom stereocenters. The van der Waals surface area contributed by atoms with Gasteiger partial charge in [-0.3, -0.25) is 10.1 Å². The number of phenols is 3. The van der Waals surface area contributed by atoms with E-state index in [2.05, 4.69) is 5.32 Å². The summed E-state index contributed by atoms with van der Waals surface area (Å²) in [6.07, 6.45) is 0. The van der Waals surface area contributed by atoms with Gasteiger partial charge in [0.05, 0.1) is 12.6 Å². The largest absolute Gasteiger partial charge is 0.504 e. The Balaban J connectivity index is 2.45. The van der Waals surface area contributed by atoms with Crippen LogP contribution < -0.4 is 11.1 Å². The van der Waals surface area contributed by atoms with Gasteiger partial charge in [0, 0.05) is 5.56 Å². The van der Waals surface area contributed by atoms with Gasteiger partial charge in [-0.2, -0.15) is 0 Å². The predicted molar refractivity (Wildman–Crippen MR) is 76.9 cm³/mol. The van der Waals surface area contributed by atoms with Crippen molar-refractivity contribution < 1.29 is 20.1 Å². The number of rotatable bonds is 5. The second kappa shape index (κ2) is 6.15. The van der Waals surface area contributed by atoms with Crippen LogP contribution in [0.15, 0.2) is 42.5 Å². The van der Waals surface area contributed by atoms with Crippen LogP contribution in [0.4, 0.5) is 0 Å². The number of nitrogens with two attached hydrogens (primary N) is 1. The Morgan fingerprint density at radius 3 is 2.33 bits per heavy atom. The highest BCUT2D eigenvalue weighted by atomic mass is 16.3. The fourth-order valence-electron chi connectivity index (χ4n) is 2.07. The molecule has 0 aromatic heterocycles. The molecule has 1 amide bonds. The molecule has 6 N–H and O–H groups in total. The third-order valence-electron chi connectivity index (χ3n) is 3.09. The fourth-order valence-corrected chi connectivity index (χ4v) is 2.07. The number of nitrogens with one attached hydrogen (secondary N) is 1. The van der Waals surface area contributed by atoms with Crippen LogP contribution in [0, 0.1) is 0 Å². The van der Waals surface area contributed by atoms with E-state index in [1.54, 1.807) is 0 Å². The molecule has 6 heteroatoms. The summed E-state index contributed by atoms with van der Waals surface area (Å²) in [5, 5.41) is 32.0. The molecule has 0 bridgehead atoms. The Morgan fingerprint density at radius 1 is 1.05 bits per heavy atom. The number of carbonyl (C=O) groups excluding carboxylic acids is 1. The predicted octanol–water partition coefficient (Wildman–Crippen LogP) is 0.968. The lowest BCUT2D eigenvalue weighted by Crippen LogP contribution is -2.32. The molecule has 2 aromatic rings. The number of hydrogen-bond donors (Lipinski definition) is 5. The summed E-state index contributed by atoms with van der Waals surface area (Å²) in [4.78, 5) is 11.0. The molecule has 0 aliphatic carbocycles. The van der Waals surface area contributed by atoms with Gasteiger partial charge in [0.1, 0.15) is 0 Å². The Bertz CT molecular complexity index is 644. The SMILES string of the molecule is NC(=O)CNC(c1ccccc1)c1ccc(O)c(O)c1O. The maximum absolute atomic E-state index is 11.0. The molecule has 0 heterocycles. The Kier molecular flexibility index (Phi) is 4.30. The normalized spacial score (nSPS) is 12.0. The van der Waals surface area contributed by atoms with E-state index >= 15 is 0 Å². The first kappa shape index (κ1) is 14.7. The molecule has 0 saturated carbocycles. The zero-order valence-corrected chi connectivity index (χ0v) is 11.2. The van der Waals surface area contributed by atoms with Gasteiger partial charge in [-0.1, -0.05) is 30.3 Å². The molecule has 0 saturated heterocycles. The van der Waals surface area contributed by atoms with Gasteiger partial charge in [0.2, 0.25) is 11.7 Å². The molecule has 0 radical (unpaired) electrons. The van der Waals surface area contributed by atoms with Crippen molar-refractivity contribution in [1.29, 1.82) is 0 Å². The van der Waals surface area contributed by atoms with Gasteiger partial charge in [-0.15, -0.1) is 0 Å². The number of benzene rings is 2. The van der Waals surface area contributed by atoms with Gasteiger partial charge in [0.15, 0.2) is 11.5 Å². The topological polar surface area (TPSA) is 116 Å². The van der Waals surface area contributed by atoms with Crippen molar-refractivity contribution in [3.05, 3.63) is 53.6 Å². The number of aromatic hydroxyl groups is 3. The zero-order chi connectivity index (χ0) is 15.4. The molecular formula is C15H16N2O4. The standard InChI is InChI=1S/C15H16N2O4/c16-12(19)8-17-13(9-4-2-1-3-5-9)10-6-7-11(18)15(21)14(10)20/h1-7,13,17-18,20-21H,8H2,(H2,16,19). The van der Waals surface area contributed by atoms with Gasteiger partial charge < -0.3 is 21.1 Å². The van der Waals surface area contributed by atoms with E-state index in [1.165, 1.54) is 12.1 Å². The summed E-state index contributed by atoms with van der Waals surface area (Å²) in [5.41, 5.74) is 6.24. The van der Waals surface area contributed by atoms with Gasteiger partial charge in [-0.05, 0) is 17.7 Å². The fraction of sp³-hybridized carbons (Fsp3) is 0.133. The Hall–Kier alpha value is -2.73. The lowest BCUT2D eigenvalue weighted by Gasteiger charge is -2.20. The maximum atomic E-state index is 11.0. The number of hydrogen-bond acceptors (Lipinski definition) is 5. The quantitative estimate of drug-likeness (QED) is 0.526. The van der Waals surface area contributed by atoms with Gasteiger partial charge >= 0.3 is 0 Å². The third-order valence-corrected chi connectivity index (χ3v) is 3.09. The number of amides is 1. The third kappa shape index (κ3) is 3.24. The maximum Gasteiger partial charge on any atom is 0.231 e. The van der Waals surface area contributed by atoms with Crippen LogP contribution in [0.5, 0.6) is 17.2 Å². The molecule has 0 aliphatic heterocycles. The Morgan fingerprint density at radius 2 is 1.71 bits per heavy atom. The molecule has 21 heavy (non-hydrogen) atoms. The van der Waals surface area contributed by atoms with Crippen LogP contribution in [0.25, 0.3) is 0 Å². The number of phenolic OH excluding ortho intramolecular Hbond substituents is 3. The van der Waals surface area contributed by atoms with Crippen molar-refractivity contribution in [2.24, 2.45) is 5.73 Å². The molecule has 0 aliphatic rings. The minimum Gasteiger partial charge on any atom is -0.504 e. The Labute approximate surface area is 121 Å². The molecule has 110 valence electrons. The van der Waals surface area contributed by atoms with Crippen LogP contribution in [-0.2, 0) is 4.79 Å². The number of carbonyl (C=O) groups is 1. The van der Waals surface area contributed by atoms with E-state index in [4.69, 9.17) is 5.73 Å². The van der Waals surface area contributed by atoms with Crippen molar-refractivity contribution in [1.82, 2.24) is 5.32 Å². The van der Waals surface area contributed by atoms with E-state index in [0.29, 0.717) is 5.56 Å². The van der Waals surface area contributed by atoms with Crippen molar-refractivity contribution >= 4 is 5.91 Å². The summed E-state index contributed by atoms with van der Waals surface area (Å²) in [6.45, 7) is -0.0966. The summed E-state index contributed by atoms with van der Waals surface area (Å²) in [5.74, 6) is -2.01. The first-order valence-corrected chi connectivity index (χ1v) is 6.31. The van der Waals surface area contributed by atoms with Crippen LogP contribution in [0.3, 0.4) is 0 Å². The zero-order valence-electron chi connectivity index (χ0n) is 11.2. The first-order valence-electron chi connectivity index (χ1n) is 6.31. The highest BCUT2D eigenvalue weighted by Gasteiger charge is 2.21. The summed E-state index contributed by atoms with van der Waals surface area (Å²) < 4.78 is 0. The first-order chi connectivity index (χ1) is 10.0. The van der Waals surface area contributed by atoms with Crippen molar-refractivity contribution in [3.63, 3.8) is 0 Å². The van der Waals surface area contributed by atoms with E-state index in [9.17, 15) is 20.1 Å². The van der Waals surface area contributed by atoms with Crippen LogP contribution in [-0.4, -0.2) is 27.8 Å². The van der Waals surface area contributed by atoms with Crippen LogP contribution in [0.1, 0.15) is 17.2 Å². The second-order valence-corrected chi connectivity index (χ2v) is 4.56. The van der Waals surface area contributed by atoms with Crippen molar-refractivity contribution in [2.75, 3.05) is 6.54 Å². The van der Waals surface area contributed by atoms with E-state index in [-0.39, 0.29) is 6.54 Å². The highest BCUT2D eigenvalue weighted by Crippen LogP contribution is 2.41. The summed E-state index contributed by atoms with van der Waals surface area (Å²) >= 11 is 0. The molecule has 1 unspecified atom stereocenters. The average molecular weight is 288 g/mol. The molecule has 6 nitrogen and oxygen atoms in total. The smallest absolute Gasteiger partial charge is 0.231 e. The minimum atomic E-state index is -0.602. The minimum absolute atomic E-state index is 0.0966. The van der Waals surface area contributed by atoms with E-state index < -0.39 is 29.2 Å².